The van der Waals surface area contributed by atoms with E-state index in [1.807, 2.05) is 6.20 Å². The van der Waals surface area contributed by atoms with Crippen LogP contribution in [0.5, 0.6) is 0 Å². The molecule has 1 N–H and O–H groups in total. The monoisotopic (exact) mass is 285 g/mol. The van der Waals surface area contributed by atoms with Crippen molar-refractivity contribution >= 4 is 0 Å². The molecule has 1 aliphatic carbocycles. The standard InChI is InChI=1S/C16H23N5/c1-20-14-6-3-2-5-13(14)18-16(20)15-7-4-10-21(15)11-12-8-9-17-19-12/h8-9,15H,2-7,10-11H2,1H3,(H,17,19)/t15-/m0/s1. The Bertz CT molecular complexity index is 613. The van der Waals surface area contributed by atoms with E-state index in [1.54, 1.807) is 0 Å². The lowest BCUT2D eigenvalue weighted by Gasteiger charge is -2.23. The zero-order chi connectivity index (χ0) is 14.2. The quantitative estimate of drug-likeness (QED) is 0.942. The fourth-order valence-corrected chi connectivity index (χ4v) is 3.90. The molecule has 112 valence electrons. The van der Waals surface area contributed by atoms with E-state index in [0.29, 0.717) is 6.04 Å². The molecule has 1 fully saturated rings. The molecule has 2 aromatic heterocycles. The van der Waals surface area contributed by atoms with Gasteiger partial charge in [0.15, 0.2) is 0 Å². The van der Waals surface area contributed by atoms with E-state index < -0.39 is 0 Å². The Morgan fingerprint density at radius 2 is 2.19 bits per heavy atom. The number of imidazole rings is 1. The number of nitrogens with one attached hydrogen (secondary N) is 1. The van der Waals surface area contributed by atoms with Gasteiger partial charge in [0.25, 0.3) is 0 Å². The van der Waals surface area contributed by atoms with Crippen LogP contribution in [-0.2, 0) is 26.4 Å². The number of H-pyrrole nitrogens is 1. The van der Waals surface area contributed by atoms with Gasteiger partial charge in [-0.1, -0.05) is 0 Å². The lowest BCUT2D eigenvalue weighted by molar-refractivity contribution is 0.233. The van der Waals surface area contributed by atoms with Crippen LogP contribution in [-0.4, -0.2) is 31.2 Å². The SMILES string of the molecule is Cn1c([C@@H]2CCCN2Cc2ccn[nH]2)nc2c1CCCC2. The maximum absolute atomic E-state index is 5.01. The molecular formula is C16H23N5. The van der Waals surface area contributed by atoms with E-state index in [4.69, 9.17) is 4.98 Å². The number of aromatic amines is 1. The summed E-state index contributed by atoms with van der Waals surface area (Å²) in [6.45, 7) is 2.10. The lowest BCUT2D eigenvalue weighted by Crippen LogP contribution is -2.25. The maximum Gasteiger partial charge on any atom is 0.126 e. The predicted octanol–water partition coefficient (Wildman–Crippen LogP) is 2.36. The lowest BCUT2D eigenvalue weighted by atomic mass is 10.0. The average molecular weight is 285 g/mol. The van der Waals surface area contributed by atoms with Gasteiger partial charge in [0.2, 0.25) is 0 Å². The minimum absolute atomic E-state index is 0.462. The first-order chi connectivity index (χ1) is 10.3. The summed E-state index contributed by atoms with van der Waals surface area (Å²) in [5, 5.41) is 7.14. The summed E-state index contributed by atoms with van der Waals surface area (Å²) < 4.78 is 2.38. The molecule has 3 heterocycles. The first-order valence-electron chi connectivity index (χ1n) is 8.09. The van der Waals surface area contributed by atoms with E-state index in [-0.39, 0.29) is 0 Å². The van der Waals surface area contributed by atoms with Gasteiger partial charge in [-0.3, -0.25) is 10.00 Å². The molecule has 0 amide bonds. The highest BCUT2D eigenvalue weighted by Crippen LogP contribution is 2.34. The van der Waals surface area contributed by atoms with Gasteiger partial charge in [-0.2, -0.15) is 5.10 Å². The molecule has 1 saturated heterocycles. The van der Waals surface area contributed by atoms with Gasteiger partial charge in [-0.15, -0.1) is 0 Å². The number of hydrogen-bond donors (Lipinski definition) is 1. The Balaban J connectivity index is 1.61. The normalized spacial score (nSPS) is 22.6. The van der Waals surface area contributed by atoms with Crippen molar-refractivity contribution in [2.45, 2.75) is 51.1 Å². The van der Waals surface area contributed by atoms with Crippen molar-refractivity contribution in [3.8, 4) is 0 Å². The number of likely N-dealkylation sites (tertiary alicyclic amines) is 1. The molecule has 2 aromatic rings. The third-order valence-electron chi connectivity index (χ3n) is 5.00. The van der Waals surface area contributed by atoms with Crippen LogP contribution in [0.15, 0.2) is 12.3 Å². The molecule has 0 bridgehead atoms. The van der Waals surface area contributed by atoms with Crippen LogP contribution in [0.25, 0.3) is 0 Å². The van der Waals surface area contributed by atoms with Crippen LogP contribution in [0.1, 0.15) is 54.6 Å². The average Bonchev–Trinajstić information content (AvgIpc) is 3.21. The molecule has 0 saturated carbocycles. The summed E-state index contributed by atoms with van der Waals surface area (Å²) in [5.41, 5.74) is 4.03. The highest BCUT2D eigenvalue weighted by Gasteiger charge is 2.31. The summed E-state index contributed by atoms with van der Waals surface area (Å²) in [6.07, 6.45) is 9.29. The first-order valence-corrected chi connectivity index (χ1v) is 8.09. The second-order valence-electron chi connectivity index (χ2n) is 6.34. The van der Waals surface area contributed by atoms with E-state index in [1.165, 1.54) is 55.0 Å². The van der Waals surface area contributed by atoms with Crippen LogP contribution in [0.3, 0.4) is 0 Å². The number of aryl methyl sites for hydroxylation is 1. The van der Waals surface area contributed by atoms with Crippen molar-refractivity contribution < 1.29 is 0 Å². The molecular weight excluding hydrogens is 262 g/mol. The van der Waals surface area contributed by atoms with Crippen molar-refractivity contribution in [3.05, 3.63) is 35.2 Å². The molecule has 21 heavy (non-hydrogen) atoms. The highest BCUT2D eigenvalue weighted by atomic mass is 15.2. The molecule has 0 unspecified atom stereocenters. The van der Waals surface area contributed by atoms with Gasteiger partial charge < -0.3 is 4.57 Å². The van der Waals surface area contributed by atoms with Crippen molar-refractivity contribution in [1.29, 1.82) is 0 Å². The molecule has 0 spiro atoms. The van der Waals surface area contributed by atoms with Gasteiger partial charge in [-0.05, 0) is 51.1 Å². The van der Waals surface area contributed by atoms with Gasteiger partial charge >= 0.3 is 0 Å². The molecule has 0 radical (unpaired) electrons. The Morgan fingerprint density at radius 1 is 1.29 bits per heavy atom. The number of aromatic nitrogens is 4. The van der Waals surface area contributed by atoms with Crippen LogP contribution >= 0.6 is 0 Å². The topological polar surface area (TPSA) is 49.7 Å². The molecule has 0 aromatic carbocycles. The van der Waals surface area contributed by atoms with Crippen LogP contribution in [0, 0.1) is 0 Å². The third kappa shape index (κ3) is 2.29. The van der Waals surface area contributed by atoms with Gasteiger partial charge in [0.05, 0.1) is 11.7 Å². The molecule has 4 rings (SSSR count). The second-order valence-corrected chi connectivity index (χ2v) is 6.34. The van der Waals surface area contributed by atoms with Gasteiger partial charge in [0.1, 0.15) is 5.82 Å². The Kier molecular flexibility index (Phi) is 3.30. The Hall–Kier alpha value is -1.62. The predicted molar refractivity (Wildman–Crippen MR) is 80.8 cm³/mol. The van der Waals surface area contributed by atoms with E-state index in [2.05, 4.69) is 32.8 Å². The number of rotatable bonds is 3. The zero-order valence-electron chi connectivity index (χ0n) is 12.7. The highest BCUT2D eigenvalue weighted by molar-refractivity contribution is 5.22. The van der Waals surface area contributed by atoms with Crippen LogP contribution < -0.4 is 0 Å². The number of fused-ring (bicyclic) bond motifs is 1. The van der Waals surface area contributed by atoms with Crippen molar-refractivity contribution in [3.63, 3.8) is 0 Å². The Labute approximate surface area is 125 Å². The summed E-state index contributed by atoms with van der Waals surface area (Å²) in [5.74, 6) is 1.28. The number of hydrogen-bond acceptors (Lipinski definition) is 3. The summed E-state index contributed by atoms with van der Waals surface area (Å²) in [4.78, 5) is 7.55. The number of nitrogens with zero attached hydrogens (tertiary/aromatic N) is 4. The fraction of sp³-hybridized carbons (Fsp3) is 0.625. The summed E-state index contributed by atoms with van der Waals surface area (Å²) in [6, 6.07) is 2.53. The van der Waals surface area contributed by atoms with Gasteiger partial charge in [0, 0.05) is 31.2 Å². The minimum Gasteiger partial charge on any atom is -0.334 e. The first kappa shape index (κ1) is 13.1. The minimum atomic E-state index is 0.462. The van der Waals surface area contributed by atoms with E-state index in [0.717, 1.165) is 19.5 Å². The van der Waals surface area contributed by atoms with Crippen molar-refractivity contribution in [2.75, 3.05) is 6.54 Å². The molecule has 1 atom stereocenters. The smallest absolute Gasteiger partial charge is 0.126 e. The van der Waals surface area contributed by atoms with Crippen LogP contribution in [0.2, 0.25) is 0 Å². The largest absolute Gasteiger partial charge is 0.334 e. The van der Waals surface area contributed by atoms with Crippen molar-refractivity contribution in [2.24, 2.45) is 7.05 Å². The van der Waals surface area contributed by atoms with Crippen molar-refractivity contribution in [1.82, 2.24) is 24.6 Å². The zero-order valence-corrected chi connectivity index (χ0v) is 12.7. The third-order valence-corrected chi connectivity index (χ3v) is 5.00. The summed E-state index contributed by atoms with van der Waals surface area (Å²) in [7, 11) is 2.21. The maximum atomic E-state index is 5.01. The van der Waals surface area contributed by atoms with E-state index in [9.17, 15) is 0 Å². The second kappa shape index (κ2) is 5.30. The fourth-order valence-electron chi connectivity index (χ4n) is 3.90. The van der Waals surface area contributed by atoms with Crippen LogP contribution in [0.4, 0.5) is 0 Å². The molecule has 5 nitrogen and oxygen atoms in total. The molecule has 1 aliphatic heterocycles. The van der Waals surface area contributed by atoms with Gasteiger partial charge in [-0.25, -0.2) is 4.98 Å². The molecule has 2 aliphatic rings. The Morgan fingerprint density at radius 3 is 3.00 bits per heavy atom. The summed E-state index contributed by atoms with van der Waals surface area (Å²) >= 11 is 0. The molecule has 5 heteroatoms. The van der Waals surface area contributed by atoms with E-state index >= 15 is 0 Å².